The molecular formula is C18H20F4N2O3S2. The normalized spacial score (nSPS) is 17.0. The molecule has 0 saturated carbocycles. The van der Waals surface area contributed by atoms with Crippen molar-refractivity contribution in [1.29, 1.82) is 0 Å². The first kappa shape index (κ1) is 22.0. The van der Waals surface area contributed by atoms with E-state index >= 15 is 0 Å². The second-order valence-corrected chi connectivity index (χ2v) is 9.58. The molecule has 1 fully saturated rings. The number of hydrogen-bond donors (Lipinski definition) is 0. The molecule has 1 unspecified atom stereocenters. The lowest BCUT2D eigenvalue weighted by Gasteiger charge is -2.31. The third-order valence-corrected chi connectivity index (χ3v) is 8.10. The van der Waals surface area contributed by atoms with Crippen molar-refractivity contribution in [2.24, 2.45) is 0 Å². The summed E-state index contributed by atoms with van der Waals surface area (Å²) >= 11 is 0.929. The lowest BCUT2D eigenvalue weighted by atomic mass is 10.1. The van der Waals surface area contributed by atoms with Crippen LogP contribution in [-0.4, -0.2) is 51.7 Å². The van der Waals surface area contributed by atoms with Crippen LogP contribution < -0.4 is 4.90 Å². The Morgan fingerprint density at radius 3 is 2.31 bits per heavy atom. The SMILES string of the molecule is CCN(C(c1ccc(F)cc1)C(F)(F)F)S(=O)(=O)c1ccc(N2CCOCC2)s1. The van der Waals surface area contributed by atoms with Crippen LogP contribution in [0.4, 0.5) is 22.6 Å². The molecule has 3 rings (SSSR count). The molecule has 11 heteroatoms. The number of morpholine rings is 1. The van der Waals surface area contributed by atoms with Crippen molar-refractivity contribution >= 4 is 26.4 Å². The molecular weight excluding hydrogens is 432 g/mol. The Kier molecular flexibility index (Phi) is 6.51. The van der Waals surface area contributed by atoms with Gasteiger partial charge in [-0.05, 0) is 29.8 Å². The second kappa shape index (κ2) is 8.58. The molecule has 0 bridgehead atoms. The van der Waals surface area contributed by atoms with Crippen molar-refractivity contribution < 1.29 is 30.7 Å². The molecule has 5 nitrogen and oxygen atoms in total. The quantitative estimate of drug-likeness (QED) is 0.621. The van der Waals surface area contributed by atoms with Crippen LogP contribution in [-0.2, 0) is 14.8 Å². The minimum atomic E-state index is -4.87. The zero-order valence-corrected chi connectivity index (χ0v) is 17.2. The van der Waals surface area contributed by atoms with E-state index in [1.807, 2.05) is 4.90 Å². The van der Waals surface area contributed by atoms with Crippen LogP contribution in [0.2, 0.25) is 0 Å². The molecule has 0 aliphatic carbocycles. The molecule has 1 aliphatic heterocycles. The third-order valence-electron chi connectivity index (χ3n) is 4.55. The van der Waals surface area contributed by atoms with Crippen molar-refractivity contribution in [3.8, 4) is 0 Å². The molecule has 0 spiro atoms. The Hall–Kier alpha value is -1.69. The molecule has 1 saturated heterocycles. The molecule has 160 valence electrons. The summed E-state index contributed by atoms with van der Waals surface area (Å²) in [5.74, 6) is -0.700. The van der Waals surface area contributed by atoms with Gasteiger partial charge in [0.25, 0.3) is 10.0 Å². The molecule has 0 radical (unpaired) electrons. The van der Waals surface area contributed by atoms with Crippen LogP contribution in [0.15, 0.2) is 40.6 Å². The fourth-order valence-corrected chi connectivity index (χ4v) is 6.26. The van der Waals surface area contributed by atoms with Crippen molar-refractivity contribution in [2.75, 3.05) is 37.7 Å². The summed E-state index contributed by atoms with van der Waals surface area (Å²) in [4.78, 5) is 1.94. The summed E-state index contributed by atoms with van der Waals surface area (Å²) in [5.41, 5.74) is -0.339. The highest BCUT2D eigenvalue weighted by molar-refractivity contribution is 7.91. The zero-order chi connectivity index (χ0) is 21.2. The predicted octanol–water partition coefficient (Wildman–Crippen LogP) is 4.04. The summed E-state index contributed by atoms with van der Waals surface area (Å²) in [6.07, 6.45) is -4.87. The second-order valence-electron chi connectivity index (χ2n) is 6.40. The largest absolute Gasteiger partial charge is 0.409 e. The molecule has 0 N–H and O–H groups in total. The van der Waals surface area contributed by atoms with Crippen molar-refractivity contribution in [3.63, 3.8) is 0 Å². The summed E-state index contributed by atoms with van der Waals surface area (Å²) in [6.45, 7) is 3.12. The monoisotopic (exact) mass is 452 g/mol. The third kappa shape index (κ3) is 4.73. The topological polar surface area (TPSA) is 49.9 Å². The summed E-state index contributed by atoms with van der Waals surface area (Å²) in [6, 6.07) is 4.19. The average Bonchev–Trinajstić information content (AvgIpc) is 3.18. The number of ether oxygens (including phenoxy) is 1. The first-order chi connectivity index (χ1) is 13.6. The van der Waals surface area contributed by atoms with Crippen LogP contribution in [0.5, 0.6) is 0 Å². The lowest BCUT2D eigenvalue weighted by molar-refractivity contribution is -0.173. The first-order valence-corrected chi connectivity index (χ1v) is 11.2. The highest BCUT2D eigenvalue weighted by atomic mass is 32.2. The van der Waals surface area contributed by atoms with Gasteiger partial charge in [-0.3, -0.25) is 0 Å². The van der Waals surface area contributed by atoms with E-state index in [9.17, 15) is 26.0 Å². The first-order valence-electron chi connectivity index (χ1n) is 8.91. The van der Waals surface area contributed by atoms with Gasteiger partial charge in [-0.25, -0.2) is 12.8 Å². The molecule has 2 aromatic rings. The van der Waals surface area contributed by atoms with Gasteiger partial charge in [0.15, 0.2) is 0 Å². The number of benzene rings is 1. The van der Waals surface area contributed by atoms with Crippen molar-refractivity contribution in [2.45, 2.75) is 23.4 Å². The van der Waals surface area contributed by atoms with Crippen LogP contribution in [0.3, 0.4) is 0 Å². The van der Waals surface area contributed by atoms with Gasteiger partial charge < -0.3 is 9.64 Å². The van der Waals surface area contributed by atoms with Gasteiger partial charge in [0, 0.05) is 19.6 Å². The number of anilines is 1. The van der Waals surface area contributed by atoms with E-state index in [1.165, 1.54) is 13.0 Å². The molecule has 29 heavy (non-hydrogen) atoms. The number of sulfonamides is 1. The van der Waals surface area contributed by atoms with Crippen molar-refractivity contribution in [3.05, 3.63) is 47.8 Å². The number of hydrogen-bond acceptors (Lipinski definition) is 5. The van der Waals surface area contributed by atoms with E-state index in [0.717, 1.165) is 35.6 Å². The van der Waals surface area contributed by atoms with Crippen LogP contribution in [0.1, 0.15) is 18.5 Å². The minimum Gasteiger partial charge on any atom is -0.378 e. The van der Waals surface area contributed by atoms with E-state index in [1.54, 1.807) is 6.07 Å². The van der Waals surface area contributed by atoms with E-state index in [-0.39, 0.29) is 9.77 Å². The predicted molar refractivity (Wildman–Crippen MR) is 102 cm³/mol. The molecule has 1 atom stereocenters. The van der Waals surface area contributed by atoms with Crippen molar-refractivity contribution in [1.82, 2.24) is 4.31 Å². The summed E-state index contributed by atoms with van der Waals surface area (Å²) in [5, 5.41) is 0.660. The van der Waals surface area contributed by atoms with Gasteiger partial charge in [0.1, 0.15) is 16.1 Å². The number of alkyl halides is 3. The fraction of sp³-hybridized carbons (Fsp3) is 0.444. The molecule has 1 aromatic carbocycles. The number of nitrogens with zero attached hydrogens (tertiary/aromatic N) is 2. The van der Waals surface area contributed by atoms with Gasteiger partial charge in [-0.2, -0.15) is 17.5 Å². The molecule has 2 heterocycles. The van der Waals surface area contributed by atoms with Gasteiger partial charge in [-0.1, -0.05) is 19.1 Å². The summed E-state index contributed by atoms with van der Waals surface area (Å²) < 4.78 is 86.5. The smallest absolute Gasteiger partial charge is 0.378 e. The van der Waals surface area contributed by atoms with Crippen LogP contribution >= 0.6 is 11.3 Å². The number of halogens is 4. The highest BCUT2D eigenvalue weighted by Crippen LogP contribution is 2.42. The maximum atomic E-state index is 13.9. The van der Waals surface area contributed by atoms with Gasteiger partial charge in [-0.15, -0.1) is 11.3 Å². The highest BCUT2D eigenvalue weighted by Gasteiger charge is 2.49. The lowest BCUT2D eigenvalue weighted by Crippen LogP contribution is -2.42. The average molecular weight is 452 g/mol. The maximum absolute atomic E-state index is 13.9. The molecule has 0 amide bonds. The Balaban J connectivity index is 1.97. The van der Waals surface area contributed by atoms with E-state index < -0.39 is 34.6 Å². The van der Waals surface area contributed by atoms with E-state index in [4.69, 9.17) is 4.74 Å². The van der Waals surface area contributed by atoms with E-state index in [2.05, 4.69) is 0 Å². The number of rotatable bonds is 6. The maximum Gasteiger partial charge on any atom is 0.409 e. The van der Waals surface area contributed by atoms with E-state index in [0.29, 0.717) is 35.6 Å². The van der Waals surface area contributed by atoms with Crippen LogP contribution in [0, 0.1) is 5.82 Å². The Morgan fingerprint density at radius 2 is 1.76 bits per heavy atom. The molecule has 1 aromatic heterocycles. The van der Waals surface area contributed by atoms with Gasteiger partial charge in [0.05, 0.1) is 18.2 Å². The minimum absolute atomic E-state index is 0.169. The standard InChI is InChI=1S/C18H20F4N2O3S2/c1-2-24(17(18(20,21)22)13-3-5-14(19)6-4-13)29(25,26)16-8-7-15(28-16)23-9-11-27-12-10-23/h3-8,17H,2,9-12H2,1H3. The van der Waals surface area contributed by atoms with Gasteiger partial charge in [0.2, 0.25) is 0 Å². The Bertz CT molecular complexity index is 923. The summed E-state index contributed by atoms with van der Waals surface area (Å²) in [7, 11) is -4.43. The van der Waals surface area contributed by atoms with Gasteiger partial charge >= 0.3 is 6.18 Å². The van der Waals surface area contributed by atoms with Crippen LogP contribution in [0.25, 0.3) is 0 Å². The Labute approximate surface area is 170 Å². The molecule has 1 aliphatic rings. The number of thiophene rings is 1. The fourth-order valence-electron chi connectivity index (χ4n) is 3.17. The Morgan fingerprint density at radius 1 is 1.14 bits per heavy atom. The zero-order valence-electron chi connectivity index (χ0n) is 15.5.